The van der Waals surface area contributed by atoms with E-state index in [9.17, 15) is 9.18 Å². The smallest absolute Gasteiger partial charge is 0.349 e. The fourth-order valence-corrected chi connectivity index (χ4v) is 2.55. The van der Waals surface area contributed by atoms with E-state index in [1.807, 2.05) is 0 Å². The predicted molar refractivity (Wildman–Crippen MR) is 82.2 cm³/mol. The van der Waals surface area contributed by atoms with Crippen LogP contribution in [0.1, 0.15) is 21.0 Å². The van der Waals surface area contributed by atoms with Crippen LogP contribution >= 0.6 is 11.5 Å². The van der Waals surface area contributed by atoms with Crippen LogP contribution in [-0.2, 0) is 11.3 Å². The molecule has 0 amide bonds. The first-order valence-corrected chi connectivity index (χ1v) is 7.60. The van der Waals surface area contributed by atoms with Gasteiger partial charge in [0.2, 0.25) is 5.88 Å². The molecule has 0 saturated heterocycles. The van der Waals surface area contributed by atoms with E-state index in [2.05, 4.69) is 19.3 Å². The zero-order valence-electron chi connectivity index (χ0n) is 12.8. The maximum Gasteiger partial charge on any atom is 0.349 e. The van der Waals surface area contributed by atoms with Crippen LogP contribution in [0.25, 0.3) is 11.4 Å². The van der Waals surface area contributed by atoms with Crippen molar-refractivity contribution in [3.05, 3.63) is 46.4 Å². The van der Waals surface area contributed by atoms with E-state index in [1.54, 1.807) is 6.92 Å². The van der Waals surface area contributed by atoms with Crippen molar-refractivity contribution in [2.24, 2.45) is 0 Å². The minimum Gasteiger partial charge on any atom is -0.472 e. The van der Waals surface area contributed by atoms with E-state index in [4.69, 9.17) is 9.26 Å². The number of rotatable bonds is 5. The molecule has 0 bridgehead atoms. The van der Waals surface area contributed by atoms with Crippen LogP contribution in [0.5, 0.6) is 5.88 Å². The Morgan fingerprint density at radius 3 is 2.96 bits per heavy atom. The molecule has 0 aliphatic carbocycles. The number of aryl methyl sites for hydroxylation is 1. The van der Waals surface area contributed by atoms with Crippen molar-refractivity contribution in [1.82, 2.24) is 14.5 Å². The zero-order valence-corrected chi connectivity index (χ0v) is 13.6. The second kappa shape index (κ2) is 6.75. The van der Waals surface area contributed by atoms with Gasteiger partial charge in [-0.05, 0) is 30.6 Å². The molecule has 3 rings (SSSR count). The first-order valence-electron chi connectivity index (χ1n) is 6.83. The molecule has 0 aliphatic heterocycles. The van der Waals surface area contributed by atoms with Crippen molar-refractivity contribution in [2.45, 2.75) is 13.5 Å². The Balaban J connectivity index is 1.78. The quantitative estimate of drug-likeness (QED) is 0.654. The van der Waals surface area contributed by atoms with E-state index >= 15 is 0 Å². The Morgan fingerprint density at radius 1 is 1.42 bits per heavy atom. The number of carbonyl (C=O) groups is 1. The van der Waals surface area contributed by atoms with Gasteiger partial charge >= 0.3 is 5.97 Å². The number of nitrogens with zero attached hydrogens (tertiary/aromatic N) is 3. The van der Waals surface area contributed by atoms with Gasteiger partial charge in [0.05, 0.1) is 24.6 Å². The summed E-state index contributed by atoms with van der Waals surface area (Å²) in [5, 5.41) is 3.94. The summed E-state index contributed by atoms with van der Waals surface area (Å²) in [6, 6.07) is 4.30. The van der Waals surface area contributed by atoms with Crippen molar-refractivity contribution in [2.75, 3.05) is 7.11 Å². The van der Waals surface area contributed by atoms with Gasteiger partial charge in [0, 0.05) is 6.07 Å². The molecule has 3 aromatic heterocycles. The Morgan fingerprint density at radius 2 is 2.25 bits per heavy atom. The summed E-state index contributed by atoms with van der Waals surface area (Å²) in [5.74, 6) is -0.0622. The highest BCUT2D eigenvalue weighted by atomic mass is 32.1. The lowest BCUT2D eigenvalue weighted by Gasteiger charge is -2.03. The van der Waals surface area contributed by atoms with E-state index in [0.29, 0.717) is 33.5 Å². The summed E-state index contributed by atoms with van der Waals surface area (Å²) in [6.07, 6.45) is 1.10. The molecule has 9 heteroatoms. The van der Waals surface area contributed by atoms with Crippen LogP contribution in [0.15, 0.2) is 28.9 Å². The van der Waals surface area contributed by atoms with Crippen molar-refractivity contribution < 1.29 is 23.2 Å². The Bertz CT molecular complexity index is 860. The maximum atomic E-state index is 13.0. The number of ether oxygens (including phenoxy) is 2. The molecule has 3 heterocycles. The summed E-state index contributed by atoms with van der Waals surface area (Å²) in [6.45, 7) is 1.85. The van der Waals surface area contributed by atoms with Gasteiger partial charge in [-0.15, -0.1) is 0 Å². The van der Waals surface area contributed by atoms with Crippen LogP contribution in [0.4, 0.5) is 4.39 Å². The molecular weight excluding hydrogens is 337 g/mol. The van der Waals surface area contributed by atoms with Gasteiger partial charge in [-0.2, -0.15) is 4.37 Å². The Hall–Kier alpha value is -2.81. The molecule has 0 unspecified atom stereocenters. The van der Waals surface area contributed by atoms with Crippen LogP contribution in [0.2, 0.25) is 0 Å². The molecule has 124 valence electrons. The highest BCUT2D eigenvalue weighted by Crippen LogP contribution is 2.26. The van der Waals surface area contributed by atoms with E-state index in [1.165, 1.54) is 25.3 Å². The minimum absolute atomic E-state index is 0.119. The van der Waals surface area contributed by atoms with Crippen molar-refractivity contribution >= 4 is 17.5 Å². The monoisotopic (exact) mass is 349 g/mol. The summed E-state index contributed by atoms with van der Waals surface area (Å²) in [5.41, 5.74) is 1.61. The minimum atomic E-state index is -0.472. The molecule has 7 nitrogen and oxygen atoms in total. The second-order valence-corrected chi connectivity index (χ2v) is 5.54. The normalized spacial score (nSPS) is 10.6. The molecule has 0 N–H and O–H groups in total. The SMILES string of the molecule is COC(=O)c1cc(OCc2c(-c3ccc(F)cn3)noc2C)ns1. The third-order valence-corrected chi connectivity index (χ3v) is 3.95. The number of esters is 1. The van der Waals surface area contributed by atoms with Crippen molar-refractivity contribution in [1.29, 1.82) is 0 Å². The fourth-order valence-electron chi connectivity index (χ4n) is 1.95. The number of carbonyl (C=O) groups excluding carboxylic acids is 1. The van der Waals surface area contributed by atoms with E-state index in [0.717, 1.165) is 17.7 Å². The van der Waals surface area contributed by atoms with E-state index in [-0.39, 0.29) is 6.61 Å². The van der Waals surface area contributed by atoms with Crippen LogP contribution in [0, 0.1) is 12.7 Å². The number of hydrogen-bond acceptors (Lipinski definition) is 8. The largest absolute Gasteiger partial charge is 0.472 e. The predicted octanol–water partition coefficient (Wildman–Crippen LogP) is 3.01. The lowest BCUT2D eigenvalue weighted by atomic mass is 10.1. The highest BCUT2D eigenvalue weighted by Gasteiger charge is 2.18. The third kappa shape index (κ3) is 3.25. The molecule has 24 heavy (non-hydrogen) atoms. The van der Waals surface area contributed by atoms with Gasteiger partial charge in [0.1, 0.15) is 28.8 Å². The van der Waals surface area contributed by atoms with Gasteiger partial charge in [-0.3, -0.25) is 4.98 Å². The molecule has 0 atom stereocenters. The summed E-state index contributed by atoms with van der Waals surface area (Å²) < 4.78 is 32.4. The van der Waals surface area contributed by atoms with Gasteiger partial charge in [0.15, 0.2) is 0 Å². The number of halogens is 1. The number of methoxy groups -OCH3 is 1. The third-order valence-electron chi connectivity index (χ3n) is 3.19. The Labute approximate surface area is 140 Å². The summed E-state index contributed by atoms with van der Waals surface area (Å²) >= 11 is 0.983. The van der Waals surface area contributed by atoms with Crippen molar-refractivity contribution in [3.8, 4) is 17.3 Å². The van der Waals surface area contributed by atoms with Crippen LogP contribution < -0.4 is 4.74 Å². The molecule has 0 saturated carbocycles. The highest BCUT2D eigenvalue weighted by molar-refractivity contribution is 7.08. The van der Waals surface area contributed by atoms with Gasteiger partial charge in [-0.1, -0.05) is 5.16 Å². The van der Waals surface area contributed by atoms with Gasteiger partial charge < -0.3 is 14.0 Å². The van der Waals surface area contributed by atoms with Crippen LogP contribution in [-0.4, -0.2) is 27.6 Å². The molecule has 0 aromatic carbocycles. The van der Waals surface area contributed by atoms with Crippen molar-refractivity contribution in [3.63, 3.8) is 0 Å². The molecule has 0 spiro atoms. The average Bonchev–Trinajstić information content (AvgIpc) is 3.20. The maximum absolute atomic E-state index is 13.0. The first kappa shape index (κ1) is 16.1. The summed E-state index contributed by atoms with van der Waals surface area (Å²) in [7, 11) is 1.30. The molecule has 0 radical (unpaired) electrons. The molecular formula is C15H12FN3O4S. The van der Waals surface area contributed by atoms with Crippen LogP contribution in [0.3, 0.4) is 0 Å². The second-order valence-electron chi connectivity index (χ2n) is 4.74. The topological polar surface area (TPSA) is 87.3 Å². The molecule has 0 fully saturated rings. The lowest BCUT2D eigenvalue weighted by molar-refractivity contribution is 0.0606. The lowest BCUT2D eigenvalue weighted by Crippen LogP contribution is -1.99. The molecule has 0 aliphatic rings. The Kier molecular flexibility index (Phi) is 4.52. The zero-order chi connectivity index (χ0) is 17.1. The standard InChI is InChI=1S/C15H12FN3O4S/c1-8-10(7-22-13-5-12(24-19-13)15(20)21-2)14(18-23-8)11-4-3-9(16)6-17-11/h3-6H,7H2,1-2H3. The van der Waals surface area contributed by atoms with Gasteiger partial charge in [-0.25, -0.2) is 9.18 Å². The number of pyridine rings is 1. The number of hydrogen-bond donors (Lipinski definition) is 0. The van der Waals surface area contributed by atoms with E-state index < -0.39 is 11.8 Å². The van der Waals surface area contributed by atoms with Gasteiger partial charge in [0.25, 0.3) is 0 Å². The molecule has 3 aromatic rings. The fraction of sp³-hybridized carbons (Fsp3) is 0.200. The summed E-state index contributed by atoms with van der Waals surface area (Å²) in [4.78, 5) is 15.7. The number of aromatic nitrogens is 3. The average molecular weight is 349 g/mol. The first-order chi connectivity index (χ1) is 11.6.